The summed E-state index contributed by atoms with van der Waals surface area (Å²) >= 11 is 0. The number of carbonyl (C=O) groups is 1. The molecule has 8 unspecified atom stereocenters. The molecule has 38 heavy (non-hydrogen) atoms. The van der Waals surface area contributed by atoms with Gasteiger partial charge in [0.2, 0.25) is 0 Å². The van der Waals surface area contributed by atoms with Gasteiger partial charge in [-0.15, -0.1) is 0 Å². The van der Waals surface area contributed by atoms with E-state index < -0.39 is 26.1 Å². The highest BCUT2D eigenvalue weighted by Gasteiger charge is 2.49. The van der Waals surface area contributed by atoms with E-state index in [4.69, 9.17) is 14.0 Å². The van der Waals surface area contributed by atoms with Crippen molar-refractivity contribution >= 4 is 13.8 Å². The van der Waals surface area contributed by atoms with Gasteiger partial charge in [0.05, 0.1) is 18.3 Å². The summed E-state index contributed by atoms with van der Waals surface area (Å²) in [4.78, 5) is 31.0. The van der Waals surface area contributed by atoms with Crippen molar-refractivity contribution in [2.24, 2.45) is 29.6 Å². The number of aliphatic hydroxyl groups excluding tert-OH is 2. The molecule has 3 saturated carbocycles. The zero-order chi connectivity index (χ0) is 27.3. The minimum Gasteiger partial charge on any atom is -0.491 e. The van der Waals surface area contributed by atoms with E-state index in [2.05, 4.69) is 0 Å². The molecule has 0 aromatic heterocycles. The summed E-state index contributed by atoms with van der Waals surface area (Å²) in [5, 5.41) is 21.6. The van der Waals surface area contributed by atoms with Gasteiger partial charge in [-0.25, -0.2) is 4.57 Å². The number of para-hydroxylation sites is 1. The molecule has 1 aromatic rings. The first-order chi connectivity index (χ1) is 18.1. The van der Waals surface area contributed by atoms with Crippen molar-refractivity contribution in [3.63, 3.8) is 0 Å². The third-order valence-electron chi connectivity index (χ3n) is 8.58. The third-order valence-corrected chi connectivity index (χ3v) is 9.12. The van der Waals surface area contributed by atoms with E-state index >= 15 is 0 Å². The summed E-state index contributed by atoms with van der Waals surface area (Å²) in [6, 6.07) is 9.25. The van der Waals surface area contributed by atoms with E-state index in [0.717, 1.165) is 38.5 Å². The average molecular weight is 555 g/mol. The minimum atomic E-state index is -4.72. The number of rotatable bonds is 15. The summed E-state index contributed by atoms with van der Waals surface area (Å²) in [6.45, 7) is 2.09. The Hall–Kier alpha value is -1.48. The average Bonchev–Trinajstić information content (AvgIpc) is 3.59. The number of esters is 1. The zero-order valence-corrected chi connectivity index (χ0v) is 23.0. The first kappa shape index (κ1) is 29.5. The largest absolute Gasteiger partial charge is 0.491 e. The number of aliphatic hydroxyl groups is 2. The molecule has 8 atom stereocenters. The number of carbonyl (C=O) groups excluding carboxylic acids is 1. The van der Waals surface area contributed by atoms with Crippen LogP contribution in [0.5, 0.6) is 5.75 Å². The van der Waals surface area contributed by atoms with Gasteiger partial charge >= 0.3 is 13.8 Å². The Kier molecular flexibility index (Phi) is 10.3. The van der Waals surface area contributed by atoms with Crippen molar-refractivity contribution in [1.29, 1.82) is 0 Å². The number of phosphoric acid groups is 1. The van der Waals surface area contributed by atoms with Crippen LogP contribution in [0.4, 0.5) is 0 Å². The van der Waals surface area contributed by atoms with Crippen molar-refractivity contribution in [1.82, 2.24) is 0 Å². The second kappa shape index (κ2) is 13.2. The van der Waals surface area contributed by atoms with E-state index in [1.165, 1.54) is 0 Å². The first-order valence-corrected chi connectivity index (χ1v) is 15.6. The molecule has 0 bridgehead atoms. The van der Waals surface area contributed by atoms with Crippen LogP contribution in [0.25, 0.3) is 0 Å². The van der Waals surface area contributed by atoms with E-state index in [1.807, 2.05) is 37.3 Å². The van der Waals surface area contributed by atoms with E-state index in [1.54, 1.807) is 0 Å². The third kappa shape index (κ3) is 8.77. The Morgan fingerprint density at radius 2 is 1.82 bits per heavy atom. The molecule has 0 radical (unpaired) electrons. The monoisotopic (exact) mass is 554 g/mol. The van der Waals surface area contributed by atoms with Crippen LogP contribution in [0, 0.1) is 29.6 Å². The molecule has 0 saturated heterocycles. The number of hydrogen-bond acceptors (Lipinski definition) is 7. The van der Waals surface area contributed by atoms with Gasteiger partial charge in [0.15, 0.2) is 0 Å². The molecule has 4 rings (SSSR count). The first-order valence-electron chi connectivity index (χ1n) is 14.1. The van der Waals surface area contributed by atoms with Gasteiger partial charge in [-0.1, -0.05) is 25.1 Å². The van der Waals surface area contributed by atoms with Crippen molar-refractivity contribution in [2.75, 3.05) is 6.61 Å². The van der Waals surface area contributed by atoms with Gasteiger partial charge in [0.1, 0.15) is 18.5 Å². The lowest BCUT2D eigenvalue weighted by Gasteiger charge is -2.41. The summed E-state index contributed by atoms with van der Waals surface area (Å²) in [5.74, 6) is 0.748. The predicted molar refractivity (Wildman–Crippen MR) is 140 cm³/mol. The zero-order valence-electron chi connectivity index (χ0n) is 22.1. The molecule has 0 aliphatic heterocycles. The Bertz CT molecular complexity index is 934. The van der Waals surface area contributed by atoms with E-state index in [0.29, 0.717) is 36.8 Å². The lowest BCUT2D eigenvalue weighted by atomic mass is 9.65. The lowest BCUT2D eigenvalue weighted by Crippen LogP contribution is -2.36. The molecular weight excluding hydrogens is 511 g/mol. The lowest BCUT2D eigenvalue weighted by molar-refractivity contribution is -0.145. The maximum atomic E-state index is 11.9. The molecule has 3 aliphatic rings. The van der Waals surface area contributed by atoms with Crippen molar-refractivity contribution in [3.8, 4) is 5.75 Å². The van der Waals surface area contributed by atoms with E-state index in [-0.39, 0.29) is 42.9 Å². The molecule has 0 amide bonds. The number of hydrogen-bond donors (Lipinski definition) is 4. The smallest absolute Gasteiger partial charge is 0.469 e. The minimum absolute atomic E-state index is 0.106. The maximum Gasteiger partial charge on any atom is 0.469 e. The van der Waals surface area contributed by atoms with Crippen LogP contribution in [0.15, 0.2) is 30.3 Å². The number of phosphoric ester groups is 1. The molecule has 10 heteroatoms. The molecule has 3 aliphatic carbocycles. The van der Waals surface area contributed by atoms with Gasteiger partial charge in [0.25, 0.3) is 0 Å². The fraction of sp³-hybridized carbons (Fsp3) is 0.750. The molecule has 9 nitrogen and oxygen atoms in total. The van der Waals surface area contributed by atoms with Crippen LogP contribution in [0.2, 0.25) is 0 Å². The predicted octanol–water partition coefficient (Wildman–Crippen LogP) is 4.22. The van der Waals surface area contributed by atoms with Crippen LogP contribution in [-0.4, -0.2) is 57.0 Å². The summed E-state index contributed by atoms with van der Waals surface area (Å²) in [7, 11) is -4.72. The van der Waals surface area contributed by atoms with Crippen molar-refractivity contribution in [2.45, 2.75) is 95.5 Å². The van der Waals surface area contributed by atoms with Crippen LogP contribution in [-0.2, 0) is 18.6 Å². The molecule has 0 spiro atoms. The second-order valence-electron chi connectivity index (χ2n) is 11.6. The summed E-state index contributed by atoms with van der Waals surface area (Å²) in [6.07, 6.45) is 5.25. The number of benzene rings is 1. The Morgan fingerprint density at radius 3 is 2.45 bits per heavy atom. The van der Waals surface area contributed by atoms with Gasteiger partial charge in [-0.3, -0.25) is 9.32 Å². The quantitative estimate of drug-likeness (QED) is 0.185. The van der Waals surface area contributed by atoms with Gasteiger partial charge < -0.3 is 29.5 Å². The maximum absolute atomic E-state index is 11.9. The topological polar surface area (TPSA) is 143 Å². The molecule has 1 aromatic carbocycles. The highest BCUT2D eigenvalue weighted by molar-refractivity contribution is 7.46. The Morgan fingerprint density at radius 1 is 1.11 bits per heavy atom. The molecular formula is C28H43O9P. The van der Waals surface area contributed by atoms with Crippen LogP contribution in [0.3, 0.4) is 0 Å². The van der Waals surface area contributed by atoms with Crippen molar-refractivity contribution < 1.29 is 43.4 Å². The van der Waals surface area contributed by atoms with Gasteiger partial charge in [0, 0.05) is 12.8 Å². The fourth-order valence-electron chi connectivity index (χ4n) is 6.49. The fourth-order valence-corrected chi connectivity index (χ4v) is 7.09. The van der Waals surface area contributed by atoms with Gasteiger partial charge in [-0.05, 0) is 93.1 Å². The van der Waals surface area contributed by atoms with E-state index in [9.17, 15) is 29.4 Å². The van der Waals surface area contributed by atoms with Gasteiger partial charge in [-0.2, -0.15) is 0 Å². The Labute approximate surface area is 225 Å². The number of ether oxygens (including phenoxy) is 2. The van der Waals surface area contributed by atoms with Crippen molar-refractivity contribution in [3.05, 3.63) is 30.3 Å². The van der Waals surface area contributed by atoms with Crippen LogP contribution < -0.4 is 4.74 Å². The normalized spacial score (nSPS) is 30.9. The Balaban J connectivity index is 1.32. The standard InChI is InChI=1S/C28H43O9P/c1-18(14-21(29)17-35-22-7-3-2-4-8-22)28-24(26(16-25(28)30)37-38(32,33)34)15-20-11-10-19(20)6-5-9-27(31)36-23-12-13-23/h2-4,7-8,18-21,23-26,28-30H,5-6,9-17H2,1H3,(H2,32,33,34). The molecule has 0 heterocycles. The molecule has 214 valence electrons. The van der Waals surface area contributed by atoms with Crippen LogP contribution >= 0.6 is 7.82 Å². The summed E-state index contributed by atoms with van der Waals surface area (Å²) < 4.78 is 27.9. The van der Waals surface area contributed by atoms with Crippen LogP contribution in [0.1, 0.15) is 71.1 Å². The SMILES string of the molecule is CC(CC(O)COc1ccccc1)C1C(O)CC(OP(=O)(O)O)C1CC1CCC1CCCC(=O)OC1CC1. The highest BCUT2D eigenvalue weighted by atomic mass is 31.2. The second-order valence-corrected chi connectivity index (χ2v) is 12.8. The molecule has 4 N–H and O–H groups in total. The summed E-state index contributed by atoms with van der Waals surface area (Å²) in [5.41, 5.74) is 0. The molecule has 3 fully saturated rings. The highest BCUT2D eigenvalue weighted by Crippen LogP contribution is 2.52.